The fraction of sp³-hybridized carbons (Fsp3) is 0.318. The van der Waals surface area contributed by atoms with Gasteiger partial charge in [-0.15, -0.1) is 0 Å². The van der Waals surface area contributed by atoms with Crippen LogP contribution in [0.15, 0.2) is 53.1 Å². The molecule has 3 aromatic rings. The smallest absolute Gasteiger partial charge is 0.378 e. The van der Waals surface area contributed by atoms with Crippen molar-refractivity contribution < 1.29 is 22.5 Å². The Balaban J connectivity index is 1.45. The number of alkyl halides is 3. The van der Waals surface area contributed by atoms with E-state index in [0.717, 1.165) is 23.4 Å². The number of anilines is 1. The molecule has 1 aliphatic rings. The van der Waals surface area contributed by atoms with Gasteiger partial charge in [0.05, 0.1) is 5.56 Å². The zero-order valence-electron chi connectivity index (χ0n) is 17.1. The van der Waals surface area contributed by atoms with Crippen LogP contribution in [0, 0.1) is 0 Å². The zero-order valence-corrected chi connectivity index (χ0v) is 17.1. The number of carbonyl (C=O) groups is 1. The fourth-order valence-electron chi connectivity index (χ4n) is 3.58. The normalized spacial score (nSPS) is 16.7. The van der Waals surface area contributed by atoms with Crippen molar-refractivity contribution in [1.82, 2.24) is 15.0 Å². The van der Waals surface area contributed by atoms with Crippen LogP contribution in [0.3, 0.4) is 0 Å². The van der Waals surface area contributed by atoms with Crippen molar-refractivity contribution in [2.24, 2.45) is 0 Å². The molecule has 0 spiro atoms. The van der Waals surface area contributed by atoms with E-state index in [2.05, 4.69) is 10.1 Å². The summed E-state index contributed by atoms with van der Waals surface area (Å²) in [4.78, 5) is 20.4. The summed E-state index contributed by atoms with van der Waals surface area (Å²) in [6, 6.07) is 12.7. The number of nitrogens with zero attached hydrogens (tertiary/aromatic N) is 4. The van der Waals surface area contributed by atoms with Gasteiger partial charge in [-0.25, -0.2) is 0 Å². The van der Waals surface area contributed by atoms with Crippen LogP contribution < -0.4 is 4.90 Å². The highest BCUT2D eigenvalue weighted by Gasteiger charge is 2.35. The lowest BCUT2D eigenvalue weighted by Crippen LogP contribution is -2.24. The van der Waals surface area contributed by atoms with E-state index < -0.39 is 11.7 Å². The summed E-state index contributed by atoms with van der Waals surface area (Å²) < 4.78 is 44.2. The summed E-state index contributed by atoms with van der Waals surface area (Å²) in [5, 5.41) is 4.03. The Morgan fingerprint density at radius 3 is 2.58 bits per heavy atom. The van der Waals surface area contributed by atoms with Crippen molar-refractivity contribution in [3.63, 3.8) is 0 Å². The first-order valence-electron chi connectivity index (χ1n) is 9.76. The Bertz CT molecular complexity index is 1080. The van der Waals surface area contributed by atoms with E-state index in [-0.39, 0.29) is 24.8 Å². The summed E-state index contributed by atoms with van der Waals surface area (Å²) in [5.74, 6) is 0.372. The second-order valence-corrected chi connectivity index (χ2v) is 7.77. The van der Waals surface area contributed by atoms with Crippen molar-refractivity contribution in [1.29, 1.82) is 0 Å². The second-order valence-electron chi connectivity index (χ2n) is 7.77. The number of hydrogen-bond donors (Lipinski definition) is 0. The molecule has 9 heteroatoms. The monoisotopic (exact) mass is 430 g/mol. The Morgan fingerprint density at radius 1 is 1.16 bits per heavy atom. The van der Waals surface area contributed by atoms with Crippen LogP contribution in [0.2, 0.25) is 0 Å². The van der Waals surface area contributed by atoms with Gasteiger partial charge in [0, 0.05) is 50.8 Å². The van der Waals surface area contributed by atoms with Gasteiger partial charge in [0.1, 0.15) is 0 Å². The maximum atomic E-state index is 12.9. The molecule has 0 N–H and O–H groups in total. The Hall–Kier alpha value is -3.36. The molecule has 4 rings (SSSR count). The third-order valence-electron chi connectivity index (χ3n) is 5.28. The Morgan fingerprint density at radius 2 is 1.90 bits per heavy atom. The molecule has 0 saturated carbocycles. The van der Waals surface area contributed by atoms with Crippen LogP contribution in [0.25, 0.3) is 11.5 Å². The average Bonchev–Trinajstić information content (AvgIpc) is 3.35. The molecule has 2 aromatic carbocycles. The molecular formula is C22H21F3N4O2. The third-order valence-corrected chi connectivity index (χ3v) is 5.28. The first-order chi connectivity index (χ1) is 14.7. The molecule has 1 amide bonds. The van der Waals surface area contributed by atoms with Gasteiger partial charge in [-0.2, -0.15) is 18.2 Å². The molecule has 162 valence electrons. The highest BCUT2D eigenvalue weighted by Crippen LogP contribution is 2.32. The van der Waals surface area contributed by atoms with E-state index in [0.29, 0.717) is 23.8 Å². The topological polar surface area (TPSA) is 62.5 Å². The minimum Gasteiger partial charge on any atom is -0.378 e. The van der Waals surface area contributed by atoms with Crippen molar-refractivity contribution >= 4 is 11.6 Å². The number of halogens is 3. The summed E-state index contributed by atoms with van der Waals surface area (Å²) in [7, 11) is 3.89. The number of likely N-dealkylation sites (tertiary alicyclic amines) is 1. The molecule has 1 aromatic heterocycles. The van der Waals surface area contributed by atoms with Gasteiger partial charge in [0.25, 0.3) is 5.89 Å². The summed E-state index contributed by atoms with van der Waals surface area (Å²) in [5.41, 5.74) is 1.51. The quantitative estimate of drug-likeness (QED) is 0.603. The van der Waals surface area contributed by atoms with Crippen molar-refractivity contribution in [3.8, 4) is 11.5 Å². The number of carbonyl (C=O) groups excluding carboxylic acids is 1. The van der Waals surface area contributed by atoms with Crippen LogP contribution >= 0.6 is 0 Å². The Kier molecular flexibility index (Phi) is 5.43. The van der Waals surface area contributed by atoms with E-state index in [4.69, 9.17) is 4.52 Å². The van der Waals surface area contributed by atoms with Crippen LogP contribution in [0.5, 0.6) is 0 Å². The number of rotatable bonds is 5. The highest BCUT2D eigenvalue weighted by molar-refractivity contribution is 5.79. The third kappa shape index (κ3) is 4.55. The summed E-state index contributed by atoms with van der Waals surface area (Å²) in [6.07, 6.45) is -4.23. The van der Waals surface area contributed by atoms with Crippen LogP contribution in [-0.2, 0) is 17.5 Å². The molecule has 6 nitrogen and oxygen atoms in total. The lowest BCUT2D eigenvalue weighted by atomic mass is 10.1. The van der Waals surface area contributed by atoms with E-state index in [1.807, 2.05) is 43.3 Å². The molecule has 1 aliphatic heterocycles. The Labute approximate surface area is 177 Å². The highest BCUT2D eigenvalue weighted by atomic mass is 19.4. The maximum Gasteiger partial charge on any atom is 0.416 e. The van der Waals surface area contributed by atoms with Crippen LogP contribution in [0.4, 0.5) is 18.9 Å². The standard InChI is InChI=1S/C22H21F3N4O2/c1-28(2)18-8-6-15(7-9-18)21-26-20(27-31-21)16-11-19(30)29(13-16)12-14-4-3-5-17(10-14)22(23,24)25/h3-10,16H,11-13H2,1-2H3. The molecule has 1 unspecified atom stereocenters. The maximum absolute atomic E-state index is 12.9. The number of amides is 1. The van der Waals surface area contributed by atoms with E-state index in [1.54, 1.807) is 6.07 Å². The number of hydrogen-bond acceptors (Lipinski definition) is 5. The lowest BCUT2D eigenvalue weighted by Gasteiger charge is -2.17. The summed E-state index contributed by atoms with van der Waals surface area (Å²) in [6.45, 7) is 0.434. The first kappa shape index (κ1) is 20.9. The predicted molar refractivity (Wildman–Crippen MR) is 108 cm³/mol. The van der Waals surface area contributed by atoms with Gasteiger partial charge in [0.2, 0.25) is 5.91 Å². The van der Waals surface area contributed by atoms with E-state index in [1.165, 1.54) is 11.0 Å². The fourth-order valence-corrected chi connectivity index (χ4v) is 3.58. The van der Waals surface area contributed by atoms with Gasteiger partial charge < -0.3 is 14.3 Å². The van der Waals surface area contributed by atoms with Gasteiger partial charge in [-0.1, -0.05) is 17.3 Å². The molecule has 2 heterocycles. The molecule has 1 atom stereocenters. The first-order valence-corrected chi connectivity index (χ1v) is 9.76. The zero-order chi connectivity index (χ0) is 22.2. The molecular weight excluding hydrogens is 409 g/mol. The molecule has 1 saturated heterocycles. The van der Waals surface area contributed by atoms with Gasteiger partial charge in [-0.05, 0) is 42.0 Å². The molecule has 0 aliphatic carbocycles. The second kappa shape index (κ2) is 8.05. The minimum atomic E-state index is -4.42. The van der Waals surface area contributed by atoms with Crippen molar-refractivity contribution in [2.45, 2.75) is 25.1 Å². The van der Waals surface area contributed by atoms with Gasteiger partial charge in [-0.3, -0.25) is 4.79 Å². The molecule has 0 bridgehead atoms. The van der Waals surface area contributed by atoms with Crippen LogP contribution in [-0.4, -0.2) is 41.6 Å². The summed E-state index contributed by atoms with van der Waals surface area (Å²) >= 11 is 0. The van der Waals surface area contributed by atoms with Crippen LogP contribution in [0.1, 0.15) is 29.3 Å². The SMILES string of the molecule is CN(C)c1ccc(-c2nc(C3CC(=O)N(Cc4cccc(C(F)(F)F)c4)C3)no2)cc1. The molecule has 0 radical (unpaired) electrons. The minimum absolute atomic E-state index is 0.107. The van der Waals surface area contributed by atoms with Crippen molar-refractivity contribution in [3.05, 3.63) is 65.5 Å². The largest absolute Gasteiger partial charge is 0.416 e. The van der Waals surface area contributed by atoms with E-state index >= 15 is 0 Å². The predicted octanol–water partition coefficient (Wildman–Crippen LogP) is 4.34. The molecule has 31 heavy (non-hydrogen) atoms. The van der Waals surface area contributed by atoms with Crippen molar-refractivity contribution in [2.75, 3.05) is 25.5 Å². The molecule has 1 fully saturated rings. The van der Waals surface area contributed by atoms with Gasteiger partial charge >= 0.3 is 6.18 Å². The lowest BCUT2D eigenvalue weighted by molar-refractivity contribution is -0.137. The van der Waals surface area contributed by atoms with Gasteiger partial charge in [0.15, 0.2) is 5.82 Å². The number of aromatic nitrogens is 2. The number of benzene rings is 2. The average molecular weight is 430 g/mol. The van der Waals surface area contributed by atoms with E-state index in [9.17, 15) is 18.0 Å².